The first-order chi connectivity index (χ1) is 15.5. The molecular formula is C25H25N5O2. The molecule has 7 heteroatoms. The summed E-state index contributed by atoms with van der Waals surface area (Å²) in [7, 11) is 0. The number of rotatable bonds is 7. The van der Waals surface area contributed by atoms with Crippen LogP contribution in [0.15, 0.2) is 72.9 Å². The minimum absolute atomic E-state index is 0.271. The van der Waals surface area contributed by atoms with Crippen LogP contribution in [0.4, 0.5) is 5.82 Å². The fraction of sp³-hybridized carbons (Fsp3) is 0.160. The zero-order chi connectivity index (χ0) is 22.5. The standard InChI is InChI=1S/C25H25N5O2/c1-16-5-4-6-17(11-16)12-21(24(31)28-15-18-9-10-23(26)27-14-18)30-25(32)22-13-19-7-2-3-8-20(19)29-22/h2-11,13-14,21,29H,12,15H2,1H3,(H2,26,27)(H,28,31)(H,30,32)/t21-/m0/s1. The number of nitrogens with two attached hydrogens (primary N) is 1. The Balaban J connectivity index is 1.51. The maximum absolute atomic E-state index is 13.0. The van der Waals surface area contributed by atoms with Crippen molar-refractivity contribution in [2.24, 2.45) is 0 Å². The summed E-state index contributed by atoms with van der Waals surface area (Å²) >= 11 is 0. The summed E-state index contributed by atoms with van der Waals surface area (Å²) in [6, 6.07) is 20.1. The Hall–Kier alpha value is -4.13. The van der Waals surface area contributed by atoms with Crippen molar-refractivity contribution in [3.8, 4) is 0 Å². The van der Waals surface area contributed by atoms with Crippen LogP contribution in [-0.4, -0.2) is 27.8 Å². The zero-order valence-corrected chi connectivity index (χ0v) is 17.8. The van der Waals surface area contributed by atoms with Crippen LogP contribution >= 0.6 is 0 Å². The van der Waals surface area contributed by atoms with Gasteiger partial charge in [-0.3, -0.25) is 9.59 Å². The van der Waals surface area contributed by atoms with Gasteiger partial charge in [0, 0.05) is 30.1 Å². The molecule has 0 saturated carbocycles. The fourth-order valence-corrected chi connectivity index (χ4v) is 3.57. The van der Waals surface area contributed by atoms with Crippen LogP contribution in [0.1, 0.15) is 27.2 Å². The molecule has 0 radical (unpaired) electrons. The van der Waals surface area contributed by atoms with Crippen LogP contribution in [-0.2, 0) is 17.8 Å². The first kappa shape index (κ1) is 21.1. The van der Waals surface area contributed by atoms with Gasteiger partial charge in [-0.1, -0.05) is 54.1 Å². The maximum atomic E-state index is 13.0. The van der Waals surface area contributed by atoms with Crippen molar-refractivity contribution in [2.75, 3.05) is 5.73 Å². The van der Waals surface area contributed by atoms with Crippen molar-refractivity contribution >= 4 is 28.5 Å². The minimum atomic E-state index is -0.738. The lowest BCUT2D eigenvalue weighted by Crippen LogP contribution is -2.48. The third kappa shape index (κ3) is 5.13. The van der Waals surface area contributed by atoms with E-state index in [2.05, 4.69) is 20.6 Å². The number of carbonyl (C=O) groups excluding carboxylic acids is 2. The molecule has 7 nitrogen and oxygen atoms in total. The number of hydrogen-bond donors (Lipinski definition) is 4. The number of carbonyl (C=O) groups is 2. The van der Waals surface area contributed by atoms with Crippen molar-refractivity contribution in [1.29, 1.82) is 0 Å². The van der Waals surface area contributed by atoms with Gasteiger partial charge in [0.05, 0.1) is 0 Å². The number of hydrogen-bond acceptors (Lipinski definition) is 4. The van der Waals surface area contributed by atoms with Gasteiger partial charge in [0.1, 0.15) is 17.6 Å². The van der Waals surface area contributed by atoms with Crippen molar-refractivity contribution in [1.82, 2.24) is 20.6 Å². The molecule has 0 saturated heterocycles. The third-order valence-corrected chi connectivity index (χ3v) is 5.23. The maximum Gasteiger partial charge on any atom is 0.268 e. The molecular weight excluding hydrogens is 402 g/mol. The Morgan fingerprint density at radius 2 is 1.88 bits per heavy atom. The molecule has 0 fully saturated rings. The number of H-pyrrole nitrogens is 1. The summed E-state index contributed by atoms with van der Waals surface area (Å²) in [4.78, 5) is 33.1. The van der Waals surface area contributed by atoms with E-state index in [4.69, 9.17) is 5.73 Å². The molecule has 0 unspecified atom stereocenters. The molecule has 2 amide bonds. The SMILES string of the molecule is Cc1cccc(C[C@H](NC(=O)c2cc3ccccc3[nH]2)C(=O)NCc2ccc(N)nc2)c1. The van der Waals surface area contributed by atoms with Crippen LogP contribution in [0.3, 0.4) is 0 Å². The van der Waals surface area contributed by atoms with Crippen LogP contribution in [0.2, 0.25) is 0 Å². The van der Waals surface area contributed by atoms with Crippen molar-refractivity contribution in [2.45, 2.75) is 25.9 Å². The highest BCUT2D eigenvalue weighted by Crippen LogP contribution is 2.15. The van der Waals surface area contributed by atoms with Gasteiger partial charge < -0.3 is 21.4 Å². The summed E-state index contributed by atoms with van der Waals surface area (Å²) < 4.78 is 0. The van der Waals surface area contributed by atoms with E-state index in [1.54, 1.807) is 24.4 Å². The molecule has 0 aliphatic heterocycles. The first-order valence-corrected chi connectivity index (χ1v) is 10.4. The summed E-state index contributed by atoms with van der Waals surface area (Å²) in [6.45, 7) is 2.29. The molecule has 32 heavy (non-hydrogen) atoms. The number of fused-ring (bicyclic) bond motifs is 1. The molecule has 0 aliphatic carbocycles. The number of aromatic nitrogens is 2. The molecule has 0 aliphatic rings. The number of pyridine rings is 1. The Labute approximate surface area is 186 Å². The third-order valence-electron chi connectivity index (χ3n) is 5.23. The number of aryl methyl sites for hydroxylation is 1. The predicted molar refractivity (Wildman–Crippen MR) is 125 cm³/mol. The number of para-hydroxylation sites is 1. The van der Waals surface area contributed by atoms with Gasteiger partial charge in [0.2, 0.25) is 5.91 Å². The van der Waals surface area contributed by atoms with Gasteiger partial charge >= 0.3 is 0 Å². The van der Waals surface area contributed by atoms with E-state index >= 15 is 0 Å². The summed E-state index contributed by atoms with van der Waals surface area (Å²) in [5.41, 5.74) is 9.79. The summed E-state index contributed by atoms with van der Waals surface area (Å²) in [5, 5.41) is 6.72. The number of benzene rings is 2. The quantitative estimate of drug-likeness (QED) is 0.363. The van der Waals surface area contributed by atoms with Crippen LogP contribution in [0, 0.1) is 6.92 Å². The van der Waals surface area contributed by atoms with Gasteiger partial charge in [0.15, 0.2) is 0 Å². The molecule has 2 aromatic carbocycles. The molecule has 2 aromatic heterocycles. The van der Waals surface area contributed by atoms with Gasteiger partial charge in [0.25, 0.3) is 5.91 Å². The largest absolute Gasteiger partial charge is 0.384 e. The number of nitrogens with zero attached hydrogens (tertiary/aromatic N) is 1. The second-order valence-corrected chi connectivity index (χ2v) is 7.80. The normalized spacial score (nSPS) is 11.8. The molecule has 1 atom stereocenters. The summed E-state index contributed by atoms with van der Waals surface area (Å²) in [5.74, 6) is -0.182. The lowest BCUT2D eigenvalue weighted by molar-refractivity contribution is -0.123. The van der Waals surface area contributed by atoms with Crippen LogP contribution in [0.5, 0.6) is 0 Å². The van der Waals surface area contributed by atoms with Gasteiger partial charge in [-0.25, -0.2) is 4.98 Å². The topological polar surface area (TPSA) is 113 Å². The molecule has 4 aromatic rings. The second-order valence-electron chi connectivity index (χ2n) is 7.80. The van der Waals surface area contributed by atoms with Gasteiger partial charge in [-0.05, 0) is 36.2 Å². The smallest absolute Gasteiger partial charge is 0.268 e. The van der Waals surface area contributed by atoms with E-state index < -0.39 is 6.04 Å². The average Bonchev–Trinajstić information content (AvgIpc) is 3.23. The average molecular weight is 428 g/mol. The van der Waals surface area contributed by atoms with E-state index in [0.717, 1.165) is 27.6 Å². The monoisotopic (exact) mass is 427 g/mol. The minimum Gasteiger partial charge on any atom is -0.384 e. The summed E-state index contributed by atoms with van der Waals surface area (Å²) in [6.07, 6.45) is 1.99. The van der Waals surface area contributed by atoms with Crippen molar-refractivity contribution in [3.63, 3.8) is 0 Å². The highest BCUT2D eigenvalue weighted by atomic mass is 16.2. The highest BCUT2D eigenvalue weighted by Gasteiger charge is 2.23. The Morgan fingerprint density at radius 3 is 2.62 bits per heavy atom. The first-order valence-electron chi connectivity index (χ1n) is 10.4. The van der Waals surface area contributed by atoms with Crippen LogP contribution < -0.4 is 16.4 Å². The Bertz CT molecular complexity index is 1210. The molecule has 162 valence electrons. The highest BCUT2D eigenvalue weighted by molar-refractivity contribution is 6.00. The Morgan fingerprint density at radius 1 is 1.03 bits per heavy atom. The zero-order valence-electron chi connectivity index (χ0n) is 17.8. The number of nitrogen functional groups attached to an aromatic ring is 1. The van der Waals surface area contributed by atoms with E-state index in [-0.39, 0.29) is 11.8 Å². The number of amides is 2. The molecule has 4 rings (SSSR count). The lowest BCUT2D eigenvalue weighted by atomic mass is 10.0. The molecule has 0 bridgehead atoms. The molecule has 2 heterocycles. The lowest BCUT2D eigenvalue weighted by Gasteiger charge is -2.19. The number of nitrogens with one attached hydrogen (secondary N) is 3. The van der Waals surface area contributed by atoms with E-state index in [1.807, 2.05) is 55.5 Å². The predicted octanol–water partition coefficient (Wildman–Crippen LogP) is 3.11. The second kappa shape index (κ2) is 9.34. The van der Waals surface area contributed by atoms with Crippen LogP contribution in [0.25, 0.3) is 10.9 Å². The Kier molecular flexibility index (Phi) is 6.17. The van der Waals surface area contributed by atoms with Crippen molar-refractivity contribution < 1.29 is 9.59 Å². The van der Waals surface area contributed by atoms with E-state index in [9.17, 15) is 9.59 Å². The fourth-order valence-electron chi connectivity index (χ4n) is 3.57. The van der Waals surface area contributed by atoms with Gasteiger partial charge in [-0.15, -0.1) is 0 Å². The van der Waals surface area contributed by atoms with E-state index in [0.29, 0.717) is 24.5 Å². The number of anilines is 1. The van der Waals surface area contributed by atoms with E-state index in [1.165, 1.54) is 0 Å². The molecule has 0 spiro atoms. The van der Waals surface area contributed by atoms with Gasteiger partial charge in [-0.2, -0.15) is 0 Å². The van der Waals surface area contributed by atoms with Crippen molar-refractivity contribution in [3.05, 3.63) is 95.3 Å². The molecule has 5 N–H and O–H groups in total. The number of aromatic amines is 1.